The van der Waals surface area contributed by atoms with Crippen LogP contribution in [0.25, 0.3) is 0 Å². The van der Waals surface area contributed by atoms with Crippen molar-refractivity contribution >= 4 is 5.91 Å². The van der Waals surface area contributed by atoms with Crippen LogP contribution in [0.4, 0.5) is 0 Å². The third-order valence-electron chi connectivity index (χ3n) is 5.36. The maximum atomic E-state index is 12.0. The zero-order valence-corrected chi connectivity index (χ0v) is 16.1. The van der Waals surface area contributed by atoms with Crippen molar-refractivity contribution in [1.82, 2.24) is 15.2 Å². The number of amides is 1. The first-order valence-electron chi connectivity index (χ1n) is 9.78. The molecule has 144 valence electrons. The van der Waals surface area contributed by atoms with E-state index in [9.17, 15) is 4.79 Å². The molecule has 0 bridgehead atoms. The first kappa shape index (κ1) is 19.4. The maximum absolute atomic E-state index is 12.0. The molecule has 1 saturated heterocycles. The van der Waals surface area contributed by atoms with E-state index in [4.69, 9.17) is 4.74 Å². The molecule has 5 nitrogen and oxygen atoms in total. The van der Waals surface area contributed by atoms with Gasteiger partial charge in [0.2, 0.25) is 0 Å². The Hall–Kier alpha value is -2.40. The number of aromatic nitrogens is 1. The number of rotatable bonds is 8. The summed E-state index contributed by atoms with van der Waals surface area (Å²) >= 11 is 0. The van der Waals surface area contributed by atoms with Crippen molar-refractivity contribution in [2.24, 2.45) is 5.92 Å². The van der Waals surface area contributed by atoms with Gasteiger partial charge in [0, 0.05) is 25.5 Å². The summed E-state index contributed by atoms with van der Waals surface area (Å²) in [4.78, 5) is 18.5. The second kappa shape index (κ2) is 10.1. The summed E-state index contributed by atoms with van der Waals surface area (Å²) in [5, 5.41) is 2.98. The number of hydrogen-bond donors (Lipinski definition) is 1. The molecule has 1 N–H and O–H groups in total. The summed E-state index contributed by atoms with van der Waals surface area (Å²) < 4.78 is 5.45. The van der Waals surface area contributed by atoms with Gasteiger partial charge in [-0.25, -0.2) is 0 Å². The van der Waals surface area contributed by atoms with E-state index >= 15 is 0 Å². The molecule has 1 aromatic heterocycles. The molecule has 0 saturated carbocycles. The quantitative estimate of drug-likeness (QED) is 0.779. The van der Waals surface area contributed by atoms with Crippen LogP contribution in [0.5, 0.6) is 5.75 Å². The van der Waals surface area contributed by atoms with E-state index in [1.165, 1.54) is 24.8 Å². The summed E-state index contributed by atoms with van der Waals surface area (Å²) in [7, 11) is 1.74. The van der Waals surface area contributed by atoms with Gasteiger partial charge in [-0.05, 0) is 68.5 Å². The lowest BCUT2D eigenvalue weighted by molar-refractivity contribution is 0.0943. The highest BCUT2D eigenvalue weighted by Gasteiger charge is 2.19. The van der Waals surface area contributed by atoms with E-state index in [0.717, 1.165) is 37.7 Å². The standard InChI is InChI=1S/C22H29N3O2/c1-27-21-7-3-2-5-19(21)9-8-18-10-14-25(15-11-18)16-13-24-22(26)20-6-4-12-23-17-20/h2-7,12,17-18H,8-11,13-16H2,1H3,(H,24,26). The van der Waals surface area contributed by atoms with E-state index < -0.39 is 0 Å². The van der Waals surface area contributed by atoms with Gasteiger partial charge < -0.3 is 15.0 Å². The molecule has 0 radical (unpaired) electrons. The van der Waals surface area contributed by atoms with Crippen molar-refractivity contribution in [2.45, 2.75) is 25.7 Å². The molecule has 0 atom stereocenters. The lowest BCUT2D eigenvalue weighted by Crippen LogP contribution is -2.39. The molecule has 2 aromatic rings. The molecular weight excluding hydrogens is 338 g/mol. The van der Waals surface area contributed by atoms with Crippen LogP contribution in [0.1, 0.15) is 35.2 Å². The average molecular weight is 367 g/mol. The summed E-state index contributed by atoms with van der Waals surface area (Å²) in [5.41, 5.74) is 1.92. The number of methoxy groups -OCH3 is 1. The average Bonchev–Trinajstić information content (AvgIpc) is 2.74. The molecule has 0 unspecified atom stereocenters. The predicted molar refractivity (Wildman–Crippen MR) is 107 cm³/mol. The molecule has 3 rings (SSSR count). The number of carbonyl (C=O) groups excluding carboxylic acids is 1. The van der Waals surface area contributed by atoms with Gasteiger partial charge in [-0.3, -0.25) is 9.78 Å². The predicted octanol–water partition coefficient (Wildman–Crippen LogP) is 3.16. The zero-order valence-electron chi connectivity index (χ0n) is 16.1. The fourth-order valence-corrected chi connectivity index (χ4v) is 3.69. The minimum Gasteiger partial charge on any atom is -0.496 e. The maximum Gasteiger partial charge on any atom is 0.252 e. The van der Waals surface area contributed by atoms with Gasteiger partial charge in [0.05, 0.1) is 12.7 Å². The number of hydrogen-bond acceptors (Lipinski definition) is 4. The van der Waals surface area contributed by atoms with Crippen molar-refractivity contribution in [2.75, 3.05) is 33.3 Å². The monoisotopic (exact) mass is 367 g/mol. The number of piperidine rings is 1. The molecule has 2 heterocycles. The number of benzene rings is 1. The third kappa shape index (κ3) is 5.79. The first-order valence-corrected chi connectivity index (χ1v) is 9.78. The normalized spacial score (nSPS) is 15.4. The van der Waals surface area contributed by atoms with Crippen molar-refractivity contribution in [1.29, 1.82) is 0 Å². The fraction of sp³-hybridized carbons (Fsp3) is 0.455. The van der Waals surface area contributed by atoms with Crippen LogP contribution in [0.3, 0.4) is 0 Å². The highest BCUT2D eigenvalue weighted by atomic mass is 16.5. The highest BCUT2D eigenvalue weighted by molar-refractivity contribution is 5.93. The second-order valence-corrected chi connectivity index (χ2v) is 7.13. The number of para-hydroxylation sites is 1. The Morgan fingerprint density at radius 2 is 2.04 bits per heavy atom. The Bertz CT molecular complexity index is 713. The Labute approximate surface area is 161 Å². The van der Waals surface area contributed by atoms with E-state index in [-0.39, 0.29) is 5.91 Å². The minimum atomic E-state index is -0.0465. The number of nitrogens with one attached hydrogen (secondary N) is 1. The van der Waals surface area contributed by atoms with Gasteiger partial charge in [-0.15, -0.1) is 0 Å². The molecule has 1 aromatic carbocycles. The van der Waals surface area contributed by atoms with Crippen LogP contribution < -0.4 is 10.1 Å². The number of carbonyl (C=O) groups is 1. The minimum absolute atomic E-state index is 0.0465. The van der Waals surface area contributed by atoms with Gasteiger partial charge in [-0.1, -0.05) is 18.2 Å². The second-order valence-electron chi connectivity index (χ2n) is 7.13. The van der Waals surface area contributed by atoms with Gasteiger partial charge >= 0.3 is 0 Å². The molecule has 1 aliphatic rings. The topological polar surface area (TPSA) is 54.5 Å². The van der Waals surface area contributed by atoms with Gasteiger partial charge in [0.25, 0.3) is 5.91 Å². The zero-order chi connectivity index (χ0) is 18.9. The van der Waals surface area contributed by atoms with Gasteiger partial charge in [-0.2, -0.15) is 0 Å². The number of aryl methyl sites for hydroxylation is 1. The summed E-state index contributed by atoms with van der Waals surface area (Å²) in [6.45, 7) is 3.81. The molecule has 0 aliphatic carbocycles. The Balaban J connectivity index is 1.34. The van der Waals surface area contributed by atoms with E-state index in [0.29, 0.717) is 12.1 Å². The van der Waals surface area contributed by atoms with Crippen LogP contribution in [0.2, 0.25) is 0 Å². The van der Waals surface area contributed by atoms with Gasteiger partial charge in [0.15, 0.2) is 0 Å². The number of pyridine rings is 1. The van der Waals surface area contributed by atoms with Crippen LogP contribution in [0, 0.1) is 5.92 Å². The largest absolute Gasteiger partial charge is 0.496 e. The molecule has 1 fully saturated rings. The number of likely N-dealkylation sites (tertiary alicyclic amines) is 1. The van der Waals surface area contributed by atoms with Crippen molar-refractivity contribution < 1.29 is 9.53 Å². The van der Waals surface area contributed by atoms with E-state index in [1.807, 2.05) is 12.1 Å². The fourth-order valence-electron chi connectivity index (χ4n) is 3.69. The van der Waals surface area contributed by atoms with Crippen molar-refractivity contribution in [3.8, 4) is 5.75 Å². The Morgan fingerprint density at radius 1 is 1.22 bits per heavy atom. The lowest BCUT2D eigenvalue weighted by Gasteiger charge is -2.32. The number of nitrogens with zero attached hydrogens (tertiary/aromatic N) is 2. The van der Waals surface area contributed by atoms with Gasteiger partial charge in [0.1, 0.15) is 5.75 Å². The molecule has 1 amide bonds. The van der Waals surface area contributed by atoms with Crippen LogP contribution in [0.15, 0.2) is 48.8 Å². The molecule has 0 spiro atoms. The summed E-state index contributed by atoms with van der Waals surface area (Å²) in [6, 6.07) is 11.9. The Kier molecular flexibility index (Phi) is 7.22. The SMILES string of the molecule is COc1ccccc1CCC1CCN(CCNC(=O)c2cccnc2)CC1. The van der Waals surface area contributed by atoms with Crippen molar-refractivity contribution in [3.63, 3.8) is 0 Å². The summed E-state index contributed by atoms with van der Waals surface area (Å²) in [5.74, 6) is 1.73. The van der Waals surface area contributed by atoms with Crippen LogP contribution >= 0.6 is 0 Å². The summed E-state index contributed by atoms with van der Waals surface area (Å²) in [6.07, 6.45) is 8.02. The van der Waals surface area contributed by atoms with Crippen molar-refractivity contribution in [3.05, 3.63) is 59.9 Å². The first-order chi connectivity index (χ1) is 13.3. The highest BCUT2D eigenvalue weighted by Crippen LogP contribution is 2.25. The Morgan fingerprint density at radius 3 is 2.78 bits per heavy atom. The molecular formula is C22H29N3O2. The number of ether oxygens (including phenoxy) is 1. The third-order valence-corrected chi connectivity index (χ3v) is 5.36. The van der Waals surface area contributed by atoms with Crippen LogP contribution in [-0.2, 0) is 6.42 Å². The van der Waals surface area contributed by atoms with E-state index in [2.05, 4.69) is 27.3 Å². The smallest absolute Gasteiger partial charge is 0.252 e. The van der Waals surface area contributed by atoms with Crippen LogP contribution in [-0.4, -0.2) is 49.1 Å². The lowest BCUT2D eigenvalue weighted by atomic mass is 9.90. The molecule has 1 aliphatic heterocycles. The molecule has 27 heavy (non-hydrogen) atoms. The van der Waals surface area contributed by atoms with E-state index in [1.54, 1.807) is 31.6 Å². The molecule has 5 heteroatoms.